The molecule has 0 bridgehead atoms. The predicted octanol–water partition coefficient (Wildman–Crippen LogP) is 5.08. The third kappa shape index (κ3) is 3.46. The molecular formula is C8H4Cl5NO. The Labute approximate surface area is 111 Å². The minimum atomic E-state index is -0.363. The average molecular weight is 307 g/mol. The van der Waals surface area contributed by atoms with Crippen LogP contribution in [0.1, 0.15) is 0 Å². The number of aromatic hydroxyl groups is 1. The smallest absolute Gasteiger partial charge is 0.155 e. The molecule has 0 spiro atoms. The second-order valence-corrected chi connectivity index (χ2v) is 3.99. The lowest BCUT2D eigenvalue weighted by atomic mass is 10.3. The van der Waals surface area contributed by atoms with E-state index in [2.05, 4.69) is 6.58 Å². The summed E-state index contributed by atoms with van der Waals surface area (Å²) in [6, 6.07) is 0. The van der Waals surface area contributed by atoms with Gasteiger partial charge in [0.15, 0.2) is 5.75 Å². The van der Waals surface area contributed by atoms with Gasteiger partial charge in [-0.25, -0.2) is 0 Å². The quantitative estimate of drug-likeness (QED) is 0.392. The molecule has 0 saturated carbocycles. The number of nitrogens with one attached hydrogen (secondary N) is 1. The van der Waals surface area contributed by atoms with Crippen LogP contribution in [-0.4, -0.2) is 11.0 Å². The van der Waals surface area contributed by atoms with Crippen molar-refractivity contribution in [2.75, 3.05) is 0 Å². The van der Waals surface area contributed by atoms with E-state index >= 15 is 0 Å². The van der Waals surface area contributed by atoms with Gasteiger partial charge in [-0.1, -0.05) is 58.0 Å². The maximum absolute atomic E-state index is 9.20. The molecular weight excluding hydrogens is 303 g/mol. The van der Waals surface area contributed by atoms with Gasteiger partial charge in [0.1, 0.15) is 10.0 Å². The third-order valence-electron chi connectivity index (χ3n) is 1.19. The first-order valence-electron chi connectivity index (χ1n) is 3.27. The maximum atomic E-state index is 9.20. The van der Waals surface area contributed by atoms with Gasteiger partial charge < -0.3 is 5.11 Å². The van der Waals surface area contributed by atoms with Gasteiger partial charge in [0.25, 0.3) is 0 Å². The highest BCUT2D eigenvalue weighted by Gasteiger charge is 2.17. The van der Waals surface area contributed by atoms with Crippen LogP contribution < -0.4 is 0 Å². The summed E-state index contributed by atoms with van der Waals surface area (Å²) in [5, 5.41) is 14.9. The zero-order valence-electron chi connectivity index (χ0n) is 7.04. The number of hydrogen-bond donors (Lipinski definition) is 2. The van der Waals surface area contributed by atoms with E-state index in [9.17, 15) is 5.11 Å². The SMILES string of the molecule is C=C=N.Oc1c(Cl)c(Cl)c(Cl)c(Cl)c1Cl. The van der Waals surface area contributed by atoms with Gasteiger partial charge in [0.05, 0.1) is 15.1 Å². The van der Waals surface area contributed by atoms with Crippen LogP contribution in [-0.2, 0) is 0 Å². The van der Waals surface area contributed by atoms with E-state index in [1.165, 1.54) is 0 Å². The fourth-order valence-corrected chi connectivity index (χ4v) is 1.72. The van der Waals surface area contributed by atoms with Crippen LogP contribution in [0.5, 0.6) is 5.75 Å². The topological polar surface area (TPSA) is 44.1 Å². The van der Waals surface area contributed by atoms with Crippen LogP contribution in [0.15, 0.2) is 6.58 Å². The van der Waals surface area contributed by atoms with Crippen LogP contribution in [0.25, 0.3) is 0 Å². The van der Waals surface area contributed by atoms with Crippen LogP contribution >= 0.6 is 58.0 Å². The van der Waals surface area contributed by atoms with Crippen LogP contribution in [0.4, 0.5) is 0 Å². The first-order chi connectivity index (χ1) is 6.88. The van der Waals surface area contributed by atoms with E-state index in [0.717, 1.165) is 0 Å². The molecule has 82 valence electrons. The van der Waals surface area contributed by atoms with E-state index < -0.39 is 0 Å². The standard InChI is InChI=1S/C6HCl5O.C2H3N/c7-1-2(8)4(10)6(12)5(11)3(1)9;1-2-3/h12H;3H,1H2. The van der Waals surface area contributed by atoms with E-state index in [1.807, 2.05) is 0 Å². The zero-order valence-corrected chi connectivity index (χ0v) is 10.8. The summed E-state index contributed by atoms with van der Waals surface area (Å²) < 4.78 is 0. The van der Waals surface area contributed by atoms with Crippen LogP contribution in [0.3, 0.4) is 0 Å². The molecule has 15 heavy (non-hydrogen) atoms. The number of phenolic OH excluding ortho intramolecular Hbond substituents is 1. The lowest BCUT2D eigenvalue weighted by Crippen LogP contribution is -1.78. The van der Waals surface area contributed by atoms with Gasteiger partial charge in [-0.3, -0.25) is 5.41 Å². The summed E-state index contributed by atoms with van der Waals surface area (Å²) in [5.74, 6) is 1.39. The highest BCUT2D eigenvalue weighted by Crippen LogP contribution is 2.47. The monoisotopic (exact) mass is 305 g/mol. The molecule has 0 saturated heterocycles. The summed E-state index contributed by atoms with van der Waals surface area (Å²) in [4.78, 5) is 0. The number of benzene rings is 1. The molecule has 1 rings (SSSR count). The fourth-order valence-electron chi connectivity index (χ4n) is 0.593. The Bertz CT molecular complexity index is 307. The Balaban J connectivity index is 0.000000583. The molecule has 0 aliphatic rings. The molecule has 0 aromatic heterocycles. The van der Waals surface area contributed by atoms with Crippen molar-refractivity contribution in [3.63, 3.8) is 0 Å². The van der Waals surface area contributed by atoms with Crippen molar-refractivity contribution in [3.05, 3.63) is 31.7 Å². The fraction of sp³-hybridized carbons (Fsp3) is 0. The van der Waals surface area contributed by atoms with Gasteiger partial charge in [-0.2, -0.15) is 0 Å². The Morgan fingerprint density at radius 3 is 1.33 bits per heavy atom. The number of hydrogen-bond acceptors (Lipinski definition) is 2. The highest BCUT2D eigenvalue weighted by atomic mass is 35.5. The Morgan fingerprint density at radius 1 is 0.867 bits per heavy atom. The lowest BCUT2D eigenvalue weighted by molar-refractivity contribution is 0.476. The van der Waals surface area contributed by atoms with Crippen molar-refractivity contribution < 1.29 is 5.11 Å². The van der Waals surface area contributed by atoms with Crippen LogP contribution in [0.2, 0.25) is 25.1 Å². The van der Waals surface area contributed by atoms with Crippen molar-refractivity contribution >= 4 is 63.9 Å². The number of rotatable bonds is 0. The van der Waals surface area contributed by atoms with Gasteiger partial charge >= 0.3 is 0 Å². The maximum Gasteiger partial charge on any atom is 0.155 e. The molecule has 0 amide bonds. The van der Waals surface area contributed by atoms with E-state index in [0.29, 0.717) is 0 Å². The summed E-state index contributed by atoms with van der Waals surface area (Å²) in [6.45, 7) is 2.90. The molecule has 7 heteroatoms. The molecule has 1 aromatic carbocycles. The first-order valence-corrected chi connectivity index (χ1v) is 5.16. The second-order valence-electron chi connectivity index (χ2n) is 2.10. The molecule has 0 atom stereocenters. The minimum Gasteiger partial charge on any atom is -0.505 e. The molecule has 0 unspecified atom stereocenters. The molecule has 2 N–H and O–H groups in total. The number of halogens is 5. The Morgan fingerprint density at radius 2 is 1.07 bits per heavy atom. The molecule has 2 nitrogen and oxygen atoms in total. The average Bonchev–Trinajstić information content (AvgIpc) is 2.22. The Hall–Kier alpha value is -0.0800. The first kappa shape index (κ1) is 14.9. The van der Waals surface area contributed by atoms with Gasteiger partial charge in [-0.15, -0.1) is 0 Å². The molecule has 0 aliphatic carbocycles. The van der Waals surface area contributed by atoms with Crippen molar-refractivity contribution in [1.29, 1.82) is 5.41 Å². The summed E-state index contributed by atoms with van der Waals surface area (Å²) in [6.07, 6.45) is 0. The van der Waals surface area contributed by atoms with Crippen molar-refractivity contribution in [3.8, 4) is 5.75 Å². The summed E-state index contributed by atoms with van der Waals surface area (Å²) in [7, 11) is 0. The van der Waals surface area contributed by atoms with Crippen molar-refractivity contribution in [1.82, 2.24) is 0 Å². The molecule has 1 aromatic rings. The van der Waals surface area contributed by atoms with Gasteiger partial charge in [0, 0.05) is 0 Å². The highest BCUT2D eigenvalue weighted by molar-refractivity contribution is 6.55. The number of phenols is 1. The predicted molar refractivity (Wildman–Crippen MR) is 66.5 cm³/mol. The molecule has 0 aliphatic heterocycles. The van der Waals surface area contributed by atoms with Gasteiger partial charge in [-0.05, 0) is 12.4 Å². The summed E-state index contributed by atoms with van der Waals surface area (Å²) >= 11 is 27.9. The van der Waals surface area contributed by atoms with Crippen molar-refractivity contribution in [2.45, 2.75) is 0 Å². The third-order valence-corrected chi connectivity index (χ3v) is 3.44. The molecule has 0 heterocycles. The lowest BCUT2D eigenvalue weighted by Gasteiger charge is -2.06. The van der Waals surface area contributed by atoms with E-state index in [-0.39, 0.29) is 30.9 Å². The summed E-state index contributed by atoms with van der Waals surface area (Å²) in [5.41, 5.74) is 0. The van der Waals surface area contributed by atoms with Crippen LogP contribution in [0, 0.1) is 5.41 Å². The molecule has 0 radical (unpaired) electrons. The minimum absolute atomic E-state index is 0.00904. The van der Waals surface area contributed by atoms with E-state index in [4.69, 9.17) is 63.4 Å². The normalized spacial score (nSPS) is 8.87. The zero-order chi connectivity index (χ0) is 12.2. The largest absolute Gasteiger partial charge is 0.505 e. The second kappa shape index (κ2) is 6.49. The van der Waals surface area contributed by atoms with E-state index in [1.54, 1.807) is 5.87 Å². The molecule has 0 fully saturated rings. The van der Waals surface area contributed by atoms with Crippen molar-refractivity contribution in [2.24, 2.45) is 0 Å². The Kier molecular flexibility index (Phi) is 6.46. The van der Waals surface area contributed by atoms with Gasteiger partial charge in [0.2, 0.25) is 0 Å².